The number of hydrogen-bond acceptors (Lipinski definition) is 7. The van der Waals surface area contributed by atoms with Crippen molar-refractivity contribution in [3.8, 4) is 0 Å². The first-order valence-corrected chi connectivity index (χ1v) is 7.08. The number of nitro benzene ring substituents is 1. The Labute approximate surface area is 154 Å². The van der Waals surface area contributed by atoms with Crippen LogP contribution < -0.4 is 5.73 Å². The van der Waals surface area contributed by atoms with Gasteiger partial charge in [0.25, 0.3) is 5.69 Å². The minimum Gasteiger partial charge on any atom is -0.465 e. The van der Waals surface area contributed by atoms with Crippen molar-refractivity contribution in [1.82, 2.24) is 0 Å². The zero-order chi connectivity index (χ0) is 21.6. The molecule has 0 fully saturated rings. The zero-order valence-corrected chi connectivity index (χ0v) is 14.3. The fourth-order valence-corrected chi connectivity index (χ4v) is 1.81. The summed E-state index contributed by atoms with van der Waals surface area (Å²) < 4.78 is 59.0. The second-order valence-corrected chi connectivity index (χ2v) is 4.88. The molecule has 2 aromatic rings. The van der Waals surface area contributed by atoms with Crippen molar-refractivity contribution in [3.05, 3.63) is 68.8 Å². The Balaban J connectivity index is 0.000000283. The molecule has 2 rings (SSSR count). The molecule has 0 saturated carbocycles. The predicted molar refractivity (Wildman–Crippen MR) is 86.5 cm³/mol. The van der Waals surface area contributed by atoms with Gasteiger partial charge in [0.2, 0.25) is 0 Å². The highest BCUT2D eigenvalue weighted by molar-refractivity contribution is 5.95. The summed E-state index contributed by atoms with van der Waals surface area (Å²) in [6.07, 6.45) is 0. The van der Waals surface area contributed by atoms with E-state index in [0.29, 0.717) is 18.2 Å². The van der Waals surface area contributed by atoms with E-state index in [2.05, 4.69) is 9.47 Å². The number of rotatable bonds is 3. The third kappa shape index (κ3) is 5.16. The van der Waals surface area contributed by atoms with Crippen molar-refractivity contribution < 1.29 is 41.5 Å². The van der Waals surface area contributed by atoms with Crippen LogP contribution in [0, 0.1) is 33.4 Å². The Bertz CT molecular complexity index is 936. The maximum Gasteiger partial charge on any atom is 0.345 e. The van der Waals surface area contributed by atoms with Crippen molar-refractivity contribution in [2.24, 2.45) is 0 Å². The van der Waals surface area contributed by atoms with Crippen molar-refractivity contribution in [2.75, 3.05) is 20.0 Å². The quantitative estimate of drug-likeness (QED) is 0.274. The minimum absolute atomic E-state index is 0.147. The average molecular weight is 404 g/mol. The number of nitrogen functional groups attached to an aromatic ring is 1. The highest BCUT2D eigenvalue weighted by Crippen LogP contribution is 2.22. The largest absolute Gasteiger partial charge is 0.465 e. The lowest BCUT2D eigenvalue weighted by atomic mass is 10.1. The fraction of sp³-hybridized carbons (Fsp3) is 0.125. The first kappa shape index (κ1) is 22.3. The van der Waals surface area contributed by atoms with Crippen molar-refractivity contribution in [3.63, 3.8) is 0 Å². The molecule has 0 spiro atoms. The summed E-state index contributed by atoms with van der Waals surface area (Å²) in [5.74, 6) is -6.85. The molecular formula is C16H12F4N2O6. The number of methoxy groups -OCH3 is 2. The van der Waals surface area contributed by atoms with Gasteiger partial charge in [-0.15, -0.1) is 0 Å². The third-order valence-electron chi connectivity index (χ3n) is 3.14. The average Bonchev–Trinajstić information content (AvgIpc) is 2.65. The van der Waals surface area contributed by atoms with Crippen LogP contribution >= 0.6 is 0 Å². The summed E-state index contributed by atoms with van der Waals surface area (Å²) in [4.78, 5) is 31.3. The number of carbonyl (C=O) groups is 2. The van der Waals surface area contributed by atoms with Gasteiger partial charge in [-0.05, 0) is 12.1 Å². The molecule has 0 aromatic heterocycles. The molecule has 28 heavy (non-hydrogen) atoms. The van der Waals surface area contributed by atoms with Gasteiger partial charge in [-0.2, -0.15) is 0 Å². The van der Waals surface area contributed by atoms with Gasteiger partial charge in [0.15, 0.2) is 23.3 Å². The maximum absolute atomic E-state index is 12.7. The highest BCUT2D eigenvalue weighted by Gasteiger charge is 2.24. The van der Waals surface area contributed by atoms with Gasteiger partial charge in [0, 0.05) is 11.8 Å². The number of anilines is 1. The van der Waals surface area contributed by atoms with E-state index >= 15 is 0 Å². The smallest absolute Gasteiger partial charge is 0.345 e. The number of nitrogens with two attached hydrogens (primary N) is 1. The summed E-state index contributed by atoms with van der Waals surface area (Å²) in [6.45, 7) is 0. The fourth-order valence-electron chi connectivity index (χ4n) is 1.81. The molecular weight excluding hydrogens is 392 g/mol. The van der Waals surface area contributed by atoms with Gasteiger partial charge in [-0.3, -0.25) is 10.1 Å². The van der Waals surface area contributed by atoms with Crippen molar-refractivity contribution in [1.29, 1.82) is 0 Å². The molecule has 0 amide bonds. The van der Waals surface area contributed by atoms with Crippen LogP contribution in [0.5, 0.6) is 0 Å². The van der Waals surface area contributed by atoms with E-state index in [4.69, 9.17) is 5.73 Å². The molecule has 12 heteroatoms. The molecule has 8 nitrogen and oxygen atoms in total. The Hall–Kier alpha value is -3.70. The van der Waals surface area contributed by atoms with Gasteiger partial charge < -0.3 is 15.2 Å². The molecule has 150 valence electrons. The van der Waals surface area contributed by atoms with E-state index in [9.17, 15) is 37.3 Å². The second-order valence-electron chi connectivity index (χ2n) is 4.88. The van der Waals surface area contributed by atoms with Gasteiger partial charge in [0.1, 0.15) is 5.56 Å². The van der Waals surface area contributed by atoms with Crippen LogP contribution in [0.25, 0.3) is 0 Å². The molecule has 0 atom stereocenters. The molecule has 2 N–H and O–H groups in total. The SMILES string of the molecule is COC(=O)c1cc(F)c(F)cc1N.COC(=O)c1cc(F)c(F)cc1[N+](=O)[O-]. The molecule has 0 aliphatic heterocycles. The maximum atomic E-state index is 12.7. The van der Waals surface area contributed by atoms with Crippen molar-refractivity contribution >= 4 is 23.3 Å². The van der Waals surface area contributed by atoms with E-state index in [1.54, 1.807) is 0 Å². The molecule has 0 aliphatic carbocycles. The Morgan fingerprint density at radius 1 is 0.857 bits per heavy atom. The molecule has 0 unspecified atom stereocenters. The number of benzene rings is 2. The first-order chi connectivity index (χ1) is 13.0. The highest BCUT2D eigenvalue weighted by atomic mass is 19.2. The predicted octanol–water partition coefficient (Wildman–Crippen LogP) is 2.99. The number of ether oxygens (including phenoxy) is 2. The van der Waals surface area contributed by atoms with E-state index in [-0.39, 0.29) is 11.3 Å². The van der Waals surface area contributed by atoms with Crippen LogP contribution in [0.4, 0.5) is 28.9 Å². The van der Waals surface area contributed by atoms with Crippen LogP contribution in [-0.2, 0) is 9.47 Å². The van der Waals surface area contributed by atoms with Gasteiger partial charge in [-0.25, -0.2) is 27.2 Å². The van der Waals surface area contributed by atoms with Gasteiger partial charge in [0.05, 0.1) is 30.8 Å². The minimum atomic E-state index is -1.39. The van der Waals surface area contributed by atoms with E-state index in [1.807, 2.05) is 0 Å². The normalized spacial score (nSPS) is 9.79. The van der Waals surface area contributed by atoms with Crippen molar-refractivity contribution in [2.45, 2.75) is 0 Å². The summed E-state index contributed by atoms with van der Waals surface area (Å²) in [7, 11) is 2.11. The number of hydrogen-bond donors (Lipinski definition) is 1. The van der Waals surface area contributed by atoms with E-state index in [0.717, 1.165) is 20.3 Å². The summed E-state index contributed by atoms with van der Waals surface area (Å²) in [5, 5.41) is 10.4. The lowest BCUT2D eigenvalue weighted by Crippen LogP contribution is -2.07. The van der Waals surface area contributed by atoms with Crippen LogP contribution in [0.3, 0.4) is 0 Å². The molecule has 2 aromatic carbocycles. The van der Waals surface area contributed by atoms with Gasteiger partial charge >= 0.3 is 11.9 Å². The molecule has 0 radical (unpaired) electrons. The summed E-state index contributed by atoms with van der Waals surface area (Å²) >= 11 is 0. The standard InChI is InChI=1S/C8H5F2NO4.C8H7F2NO2/c1-15-8(12)4-2-5(9)6(10)3-7(4)11(13)14;1-13-8(12)4-2-5(9)6(10)3-7(4)11/h2-3H,1H3;2-3H,11H2,1H3. The molecule has 0 aliphatic rings. The Morgan fingerprint density at radius 2 is 1.25 bits per heavy atom. The number of nitro groups is 1. The van der Waals surface area contributed by atoms with Crippen LogP contribution in [-0.4, -0.2) is 31.1 Å². The van der Waals surface area contributed by atoms with Crippen LogP contribution in [0.1, 0.15) is 20.7 Å². The number of esters is 2. The topological polar surface area (TPSA) is 122 Å². The Kier molecular flexibility index (Phi) is 7.42. The first-order valence-electron chi connectivity index (χ1n) is 7.08. The molecule has 0 saturated heterocycles. The Morgan fingerprint density at radius 3 is 1.71 bits per heavy atom. The summed E-state index contributed by atoms with van der Waals surface area (Å²) in [6, 6.07) is 2.21. The number of nitrogens with zero attached hydrogens (tertiary/aromatic N) is 1. The molecule has 0 bridgehead atoms. The second kappa shape index (κ2) is 9.30. The van der Waals surface area contributed by atoms with E-state index in [1.165, 1.54) is 0 Å². The van der Waals surface area contributed by atoms with Crippen LogP contribution in [0.15, 0.2) is 24.3 Å². The van der Waals surface area contributed by atoms with Gasteiger partial charge in [-0.1, -0.05) is 0 Å². The van der Waals surface area contributed by atoms with E-state index < -0.39 is 51.4 Å². The molecule has 0 heterocycles. The number of halogens is 4. The third-order valence-corrected chi connectivity index (χ3v) is 3.14. The lowest BCUT2D eigenvalue weighted by Gasteiger charge is -2.03. The monoisotopic (exact) mass is 404 g/mol. The summed E-state index contributed by atoms with van der Waals surface area (Å²) in [5.41, 5.74) is 3.48. The lowest BCUT2D eigenvalue weighted by molar-refractivity contribution is -0.385. The van der Waals surface area contributed by atoms with Crippen LogP contribution in [0.2, 0.25) is 0 Å². The zero-order valence-electron chi connectivity index (χ0n) is 14.3. The number of carbonyl (C=O) groups excluding carboxylic acids is 2.